The largest absolute Gasteiger partial charge is 0.379 e. The van der Waals surface area contributed by atoms with Gasteiger partial charge in [0.2, 0.25) is 0 Å². The van der Waals surface area contributed by atoms with E-state index in [1.54, 1.807) is 0 Å². The number of halogens is 1. The molecule has 25 heavy (non-hydrogen) atoms. The minimum absolute atomic E-state index is 0. The molecule has 3 unspecified atom stereocenters. The lowest BCUT2D eigenvalue weighted by Gasteiger charge is -2.54. The molecule has 1 aliphatic carbocycles. The van der Waals surface area contributed by atoms with Crippen LogP contribution in [0.15, 0.2) is 4.99 Å². The van der Waals surface area contributed by atoms with Gasteiger partial charge in [-0.2, -0.15) is 0 Å². The van der Waals surface area contributed by atoms with E-state index in [-0.39, 0.29) is 29.4 Å². The molecule has 146 valence electrons. The summed E-state index contributed by atoms with van der Waals surface area (Å²) in [6.45, 7) is 14.4. The van der Waals surface area contributed by atoms with Gasteiger partial charge in [0.15, 0.2) is 5.96 Å². The number of rotatable bonds is 6. The van der Waals surface area contributed by atoms with Crippen LogP contribution in [0.3, 0.4) is 0 Å². The number of hydrogen-bond donors (Lipinski definition) is 2. The molecular weight excluding hydrogens is 431 g/mol. The molecule has 0 bridgehead atoms. The normalized spacial score (nSPS) is 31.6. The van der Waals surface area contributed by atoms with Crippen LogP contribution in [0, 0.1) is 11.3 Å². The van der Waals surface area contributed by atoms with Crippen molar-refractivity contribution >= 4 is 29.9 Å². The lowest BCUT2D eigenvalue weighted by molar-refractivity contribution is -0.106. The molecule has 2 saturated heterocycles. The molecule has 0 spiro atoms. The maximum atomic E-state index is 5.89. The Morgan fingerprint density at radius 3 is 2.72 bits per heavy atom. The Morgan fingerprint density at radius 1 is 1.24 bits per heavy atom. The van der Waals surface area contributed by atoms with E-state index in [1.807, 2.05) is 0 Å². The Kier molecular flexibility index (Phi) is 8.23. The molecule has 0 aromatic carbocycles. The highest BCUT2D eigenvalue weighted by atomic mass is 127. The highest BCUT2D eigenvalue weighted by Gasteiger charge is 2.59. The third-order valence-electron chi connectivity index (χ3n) is 5.74. The maximum absolute atomic E-state index is 5.89. The van der Waals surface area contributed by atoms with Gasteiger partial charge in [-0.05, 0) is 19.8 Å². The Morgan fingerprint density at radius 2 is 2.00 bits per heavy atom. The number of nitrogens with zero attached hydrogens (tertiary/aromatic N) is 2. The zero-order valence-electron chi connectivity index (χ0n) is 15.9. The van der Waals surface area contributed by atoms with Crippen molar-refractivity contribution in [3.05, 3.63) is 0 Å². The highest BCUT2D eigenvalue weighted by molar-refractivity contribution is 14.0. The van der Waals surface area contributed by atoms with Crippen molar-refractivity contribution in [2.75, 3.05) is 52.5 Å². The summed E-state index contributed by atoms with van der Waals surface area (Å²) in [5.41, 5.74) is 0.186. The zero-order valence-corrected chi connectivity index (χ0v) is 18.3. The number of nitrogens with one attached hydrogen (secondary N) is 2. The Balaban J connectivity index is 0.00000225. The third kappa shape index (κ3) is 4.99. The van der Waals surface area contributed by atoms with E-state index in [2.05, 4.69) is 36.3 Å². The summed E-state index contributed by atoms with van der Waals surface area (Å²) in [6, 6.07) is 0.460. The number of morpholine rings is 1. The van der Waals surface area contributed by atoms with Crippen LogP contribution in [0.1, 0.15) is 33.6 Å². The average Bonchev–Trinajstić information content (AvgIpc) is 3.04. The summed E-state index contributed by atoms with van der Waals surface area (Å²) >= 11 is 0. The first-order valence-corrected chi connectivity index (χ1v) is 9.59. The van der Waals surface area contributed by atoms with Crippen molar-refractivity contribution in [3.8, 4) is 0 Å². The Hall–Kier alpha value is -0.120. The van der Waals surface area contributed by atoms with E-state index < -0.39 is 0 Å². The van der Waals surface area contributed by atoms with Crippen LogP contribution < -0.4 is 10.6 Å². The molecule has 6 nitrogen and oxygen atoms in total. The maximum Gasteiger partial charge on any atom is 0.191 e. The fraction of sp³-hybridized carbons (Fsp3) is 0.944. The van der Waals surface area contributed by atoms with Crippen LogP contribution in [-0.4, -0.2) is 75.5 Å². The summed E-state index contributed by atoms with van der Waals surface area (Å²) in [5, 5.41) is 7.08. The monoisotopic (exact) mass is 466 g/mol. The van der Waals surface area contributed by atoms with Gasteiger partial charge < -0.3 is 20.1 Å². The smallest absolute Gasteiger partial charge is 0.191 e. The second-order valence-corrected chi connectivity index (χ2v) is 7.76. The van der Waals surface area contributed by atoms with Crippen molar-refractivity contribution in [1.82, 2.24) is 15.5 Å². The molecule has 1 saturated carbocycles. The van der Waals surface area contributed by atoms with Crippen LogP contribution in [-0.2, 0) is 9.47 Å². The lowest BCUT2D eigenvalue weighted by Crippen LogP contribution is -2.68. The summed E-state index contributed by atoms with van der Waals surface area (Å²) in [7, 11) is 0. The molecule has 2 aliphatic heterocycles. The lowest BCUT2D eigenvalue weighted by atomic mass is 9.57. The quantitative estimate of drug-likeness (QED) is 0.270. The molecule has 3 fully saturated rings. The standard InChI is InChI=1S/C18H34N4O2.HI/c1-4-19-17(20-7-5-8-22-9-12-23-13-10-22)21-15-14-6-11-24-16(14)18(15,2)3;/h14-16H,4-13H2,1-3H3,(H2,19,20,21);1H. The second-order valence-electron chi connectivity index (χ2n) is 7.76. The zero-order chi connectivity index (χ0) is 17.0. The van der Waals surface area contributed by atoms with Crippen molar-refractivity contribution in [2.45, 2.75) is 45.8 Å². The Bertz CT molecular complexity index is 441. The van der Waals surface area contributed by atoms with Crippen LogP contribution in [0.5, 0.6) is 0 Å². The van der Waals surface area contributed by atoms with Gasteiger partial charge in [0.1, 0.15) is 0 Å². The predicted molar refractivity (Wildman–Crippen MR) is 112 cm³/mol. The van der Waals surface area contributed by atoms with Gasteiger partial charge in [0.05, 0.1) is 19.3 Å². The minimum Gasteiger partial charge on any atom is -0.379 e. The molecule has 2 heterocycles. The van der Waals surface area contributed by atoms with E-state index in [1.165, 1.54) is 6.42 Å². The number of ether oxygens (including phenoxy) is 2. The number of guanidine groups is 1. The van der Waals surface area contributed by atoms with E-state index in [0.29, 0.717) is 18.1 Å². The number of aliphatic imine (C=N–C) groups is 1. The van der Waals surface area contributed by atoms with Crippen LogP contribution >= 0.6 is 24.0 Å². The highest BCUT2D eigenvalue weighted by Crippen LogP contribution is 2.52. The molecule has 0 aromatic rings. The minimum atomic E-state index is 0. The van der Waals surface area contributed by atoms with Crippen LogP contribution in [0.25, 0.3) is 0 Å². The fourth-order valence-corrected chi connectivity index (χ4v) is 4.39. The number of fused-ring (bicyclic) bond motifs is 1. The molecule has 0 amide bonds. The van der Waals surface area contributed by atoms with E-state index >= 15 is 0 Å². The topological polar surface area (TPSA) is 58.1 Å². The fourth-order valence-electron chi connectivity index (χ4n) is 4.39. The van der Waals surface area contributed by atoms with E-state index in [9.17, 15) is 0 Å². The first kappa shape index (κ1) is 21.2. The first-order chi connectivity index (χ1) is 11.6. The van der Waals surface area contributed by atoms with Crippen molar-refractivity contribution < 1.29 is 9.47 Å². The number of hydrogen-bond acceptors (Lipinski definition) is 4. The Labute approximate surface area is 169 Å². The van der Waals surface area contributed by atoms with Gasteiger partial charge in [-0.3, -0.25) is 9.89 Å². The van der Waals surface area contributed by atoms with Gasteiger partial charge in [-0.1, -0.05) is 13.8 Å². The van der Waals surface area contributed by atoms with Crippen molar-refractivity contribution in [2.24, 2.45) is 16.3 Å². The molecule has 3 atom stereocenters. The van der Waals surface area contributed by atoms with Gasteiger partial charge in [-0.25, -0.2) is 0 Å². The molecular formula is C18H35IN4O2. The van der Waals surface area contributed by atoms with Crippen LogP contribution in [0.4, 0.5) is 0 Å². The van der Waals surface area contributed by atoms with E-state index in [0.717, 1.165) is 64.9 Å². The predicted octanol–water partition coefficient (Wildman–Crippen LogP) is 1.70. The van der Waals surface area contributed by atoms with Crippen molar-refractivity contribution in [1.29, 1.82) is 0 Å². The van der Waals surface area contributed by atoms with Gasteiger partial charge in [0, 0.05) is 56.7 Å². The second kappa shape index (κ2) is 9.71. The van der Waals surface area contributed by atoms with Crippen molar-refractivity contribution in [3.63, 3.8) is 0 Å². The molecule has 3 rings (SSSR count). The average molecular weight is 466 g/mol. The molecule has 0 radical (unpaired) electrons. The molecule has 0 aromatic heterocycles. The summed E-state index contributed by atoms with van der Waals surface area (Å²) in [5.74, 6) is 1.60. The van der Waals surface area contributed by atoms with Crippen LogP contribution in [0.2, 0.25) is 0 Å². The van der Waals surface area contributed by atoms with E-state index in [4.69, 9.17) is 14.5 Å². The summed E-state index contributed by atoms with van der Waals surface area (Å²) < 4.78 is 11.3. The SMILES string of the molecule is CCNC(=NCCCN1CCOCC1)NC1C2CCOC2C1(C)C.I. The summed E-state index contributed by atoms with van der Waals surface area (Å²) in [6.07, 6.45) is 2.68. The first-order valence-electron chi connectivity index (χ1n) is 9.59. The van der Waals surface area contributed by atoms with Gasteiger partial charge in [-0.15, -0.1) is 24.0 Å². The molecule has 7 heteroatoms. The molecule has 2 N–H and O–H groups in total. The van der Waals surface area contributed by atoms with Gasteiger partial charge >= 0.3 is 0 Å². The third-order valence-corrected chi connectivity index (χ3v) is 5.74. The summed E-state index contributed by atoms with van der Waals surface area (Å²) in [4.78, 5) is 7.26. The van der Waals surface area contributed by atoms with Gasteiger partial charge in [0.25, 0.3) is 0 Å². The molecule has 3 aliphatic rings.